The summed E-state index contributed by atoms with van der Waals surface area (Å²) in [4.78, 5) is 26.1. The molecule has 0 aromatic rings. The molecular weight excluding hydrogens is 755 g/mol. The zero-order valence-electron chi connectivity index (χ0n) is 40.0. The third-order valence-corrected chi connectivity index (χ3v) is 11.4. The Hall–Kier alpha value is -2.70. The molecule has 6 nitrogen and oxygen atoms in total. The molecule has 0 aliphatic rings. The van der Waals surface area contributed by atoms with Gasteiger partial charge in [-0.2, -0.15) is 0 Å². The first-order valence-corrected chi connectivity index (χ1v) is 25.7. The van der Waals surface area contributed by atoms with E-state index in [4.69, 9.17) is 4.74 Å². The van der Waals surface area contributed by atoms with Crippen molar-refractivity contribution in [3.8, 4) is 0 Å². The molecule has 1 amide bonds. The average Bonchev–Trinajstić information content (AvgIpc) is 3.25. The minimum Gasteiger partial charge on any atom is -0.462 e. The van der Waals surface area contributed by atoms with Crippen molar-refractivity contribution in [3.05, 3.63) is 72.9 Å². The van der Waals surface area contributed by atoms with E-state index in [1.54, 1.807) is 0 Å². The fraction of sp³-hybridized carbons (Fsp3) is 0.745. The van der Waals surface area contributed by atoms with E-state index < -0.39 is 18.2 Å². The Morgan fingerprint density at radius 3 is 1.41 bits per heavy atom. The molecule has 0 aromatic heterocycles. The molecular formula is C55H97NO5. The normalized spacial score (nSPS) is 13.9. The van der Waals surface area contributed by atoms with Crippen LogP contribution in [-0.4, -0.2) is 46.9 Å². The third-order valence-electron chi connectivity index (χ3n) is 11.4. The lowest BCUT2D eigenvalue weighted by Crippen LogP contribution is -2.46. The Kier molecular flexibility index (Phi) is 46.2. The van der Waals surface area contributed by atoms with Crippen molar-refractivity contribution in [2.75, 3.05) is 6.61 Å². The van der Waals surface area contributed by atoms with Crippen molar-refractivity contribution in [1.82, 2.24) is 5.32 Å². The smallest absolute Gasteiger partial charge is 0.306 e. The molecule has 3 N–H and O–H groups in total. The third kappa shape index (κ3) is 43.7. The van der Waals surface area contributed by atoms with Crippen molar-refractivity contribution >= 4 is 11.9 Å². The summed E-state index contributed by atoms with van der Waals surface area (Å²) in [7, 11) is 0. The van der Waals surface area contributed by atoms with Crippen LogP contribution in [0.1, 0.15) is 239 Å². The Morgan fingerprint density at radius 2 is 0.902 bits per heavy atom. The SMILES string of the molecule is CC/C=C/C=C/C=C\C=C/C=C/CCCCCC(=O)OC(CCCCCCC/C=C\CCCCCC)CC(=O)NC(CO)C(O)CCCCCCCCCCCCCCCC. The van der Waals surface area contributed by atoms with Gasteiger partial charge in [0.1, 0.15) is 6.10 Å². The number of allylic oxidation sites excluding steroid dienone is 12. The van der Waals surface area contributed by atoms with Gasteiger partial charge in [-0.15, -0.1) is 0 Å². The number of carbonyl (C=O) groups excluding carboxylic acids is 2. The second-order valence-corrected chi connectivity index (χ2v) is 17.3. The van der Waals surface area contributed by atoms with E-state index >= 15 is 0 Å². The number of aliphatic hydroxyl groups is 2. The molecule has 0 aliphatic heterocycles. The predicted octanol–water partition coefficient (Wildman–Crippen LogP) is 15.4. The number of nitrogens with one attached hydrogen (secondary N) is 1. The van der Waals surface area contributed by atoms with Gasteiger partial charge in [0.2, 0.25) is 5.91 Å². The van der Waals surface area contributed by atoms with E-state index in [0.717, 1.165) is 77.0 Å². The number of carbonyl (C=O) groups is 2. The second kappa shape index (κ2) is 48.3. The lowest BCUT2D eigenvalue weighted by atomic mass is 10.0. The van der Waals surface area contributed by atoms with Crippen molar-refractivity contribution < 1.29 is 24.5 Å². The van der Waals surface area contributed by atoms with Crippen LogP contribution in [0.15, 0.2) is 72.9 Å². The van der Waals surface area contributed by atoms with Crippen LogP contribution >= 0.6 is 0 Å². The largest absolute Gasteiger partial charge is 0.462 e. The molecule has 0 spiro atoms. The fourth-order valence-electron chi connectivity index (χ4n) is 7.50. The van der Waals surface area contributed by atoms with E-state index in [0.29, 0.717) is 19.3 Å². The Morgan fingerprint density at radius 1 is 0.492 bits per heavy atom. The van der Waals surface area contributed by atoms with Gasteiger partial charge in [0.15, 0.2) is 0 Å². The van der Waals surface area contributed by atoms with Crippen LogP contribution in [0.5, 0.6) is 0 Å². The van der Waals surface area contributed by atoms with E-state index in [9.17, 15) is 19.8 Å². The predicted molar refractivity (Wildman–Crippen MR) is 264 cm³/mol. The minimum atomic E-state index is -0.800. The molecule has 3 atom stereocenters. The standard InChI is InChI=1S/C55H97NO5/c1-4-7-10-13-16-19-22-25-27-30-33-36-39-42-45-48-55(60)61-51(46-43-40-37-34-31-28-24-21-18-15-12-9-6-3)49-54(59)56-52(50-57)53(58)47-44-41-38-35-32-29-26-23-20-17-14-11-8-5-2/h7,10,13,16,19,21-22,24-25,27,30,33,51-53,57-58H,4-6,8-9,11-12,14-15,17-18,20,23,26,28-29,31-32,34-50H2,1-3H3,(H,56,59)/b10-7+,16-13+,22-19-,24-21-,27-25-,33-30+. The Bertz CT molecular complexity index is 1140. The highest BCUT2D eigenvalue weighted by molar-refractivity contribution is 5.77. The number of hydrogen-bond acceptors (Lipinski definition) is 5. The first-order valence-electron chi connectivity index (χ1n) is 25.7. The zero-order valence-corrected chi connectivity index (χ0v) is 40.0. The van der Waals surface area contributed by atoms with Crippen LogP contribution in [0.2, 0.25) is 0 Å². The maximum absolute atomic E-state index is 13.2. The molecule has 3 unspecified atom stereocenters. The summed E-state index contributed by atoms with van der Waals surface area (Å²) in [6.45, 7) is 6.32. The molecule has 0 radical (unpaired) electrons. The number of aliphatic hydroxyl groups excluding tert-OH is 2. The van der Waals surface area contributed by atoms with Gasteiger partial charge in [0.05, 0.1) is 25.2 Å². The van der Waals surface area contributed by atoms with Crippen LogP contribution in [0.4, 0.5) is 0 Å². The first kappa shape index (κ1) is 58.3. The lowest BCUT2D eigenvalue weighted by Gasteiger charge is -2.24. The average molecular weight is 852 g/mol. The molecule has 0 saturated heterocycles. The van der Waals surface area contributed by atoms with Crippen molar-refractivity contribution in [2.45, 2.75) is 257 Å². The van der Waals surface area contributed by atoms with Gasteiger partial charge in [0.25, 0.3) is 0 Å². The topological polar surface area (TPSA) is 95.9 Å². The highest BCUT2D eigenvalue weighted by atomic mass is 16.5. The summed E-state index contributed by atoms with van der Waals surface area (Å²) < 4.78 is 5.91. The van der Waals surface area contributed by atoms with Crippen LogP contribution in [0, 0.1) is 0 Å². The maximum atomic E-state index is 13.2. The van der Waals surface area contributed by atoms with Crippen LogP contribution in [0.25, 0.3) is 0 Å². The second-order valence-electron chi connectivity index (χ2n) is 17.3. The molecule has 352 valence electrons. The van der Waals surface area contributed by atoms with E-state index in [1.165, 1.54) is 116 Å². The van der Waals surface area contributed by atoms with Gasteiger partial charge >= 0.3 is 5.97 Å². The summed E-state index contributed by atoms with van der Waals surface area (Å²) in [5, 5.41) is 23.8. The van der Waals surface area contributed by atoms with E-state index in [1.807, 2.05) is 42.5 Å². The number of esters is 1. The van der Waals surface area contributed by atoms with Crippen LogP contribution in [0.3, 0.4) is 0 Å². The highest BCUT2D eigenvalue weighted by Crippen LogP contribution is 2.17. The molecule has 0 heterocycles. The van der Waals surface area contributed by atoms with E-state index in [2.05, 4.69) is 56.5 Å². The maximum Gasteiger partial charge on any atom is 0.306 e. The molecule has 61 heavy (non-hydrogen) atoms. The van der Waals surface area contributed by atoms with Gasteiger partial charge < -0.3 is 20.3 Å². The highest BCUT2D eigenvalue weighted by Gasteiger charge is 2.24. The summed E-state index contributed by atoms with van der Waals surface area (Å²) in [6.07, 6.45) is 61.0. The molecule has 0 aliphatic carbocycles. The summed E-state index contributed by atoms with van der Waals surface area (Å²) in [6, 6.07) is -0.715. The molecule has 0 aromatic carbocycles. The molecule has 0 rings (SSSR count). The Labute approximate surface area is 377 Å². The summed E-state index contributed by atoms with van der Waals surface area (Å²) >= 11 is 0. The molecule has 0 fully saturated rings. The minimum absolute atomic E-state index is 0.0521. The number of rotatable bonds is 45. The van der Waals surface area contributed by atoms with E-state index in [-0.39, 0.29) is 24.9 Å². The van der Waals surface area contributed by atoms with Gasteiger partial charge in [-0.25, -0.2) is 0 Å². The first-order chi connectivity index (χ1) is 30.0. The van der Waals surface area contributed by atoms with Gasteiger partial charge in [-0.1, -0.05) is 229 Å². The summed E-state index contributed by atoms with van der Waals surface area (Å²) in [5.41, 5.74) is 0. The van der Waals surface area contributed by atoms with Gasteiger partial charge in [0, 0.05) is 6.42 Å². The molecule has 6 heteroatoms. The lowest BCUT2D eigenvalue weighted by molar-refractivity contribution is -0.151. The van der Waals surface area contributed by atoms with Crippen molar-refractivity contribution in [3.63, 3.8) is 0 Å². The number of unbranched alkanes of at least 4 members (excludes halogenated alkanes) is 25. The Balaban J connectivity index is 4.66. The van der Waals surface area contributed by atoms with Gasteiger partial charge in [-0.3, -0.25) is 9.59 Å². The zero-order chi connectivity index (χ0) is 44.5. The monoisotopic (exact) mass is 852 g/mol. The summed E-state index contributed by atoms with van der Waals surface area (Å²) in [5.74, 6) is -0.532. The van der Waals surface area contributed by atoms with Crippen molar-refractivity contribution in [1.29, 1.82) is 0 Å². The fourth-order valence-corrected chi connectivity index (χ4v) is 7.50. The number of ether oxygens (including phenoxy) is 1. The molecule has 0 bridgehead atoms. The quantitative estimate of drug-likeness (QED) is 0.0245. The number of hydrogen-bond donors (Lipinski definition) is 3. The van der Waals surface area contributed by atoms with Crippen LogP contribution in [-0.2, 0) is 14.3 Å². The van der Waals surface area contributed by atoms with Crippen LogP contribution < -0.4 is 5.32 Å². The number of amides is 1. The molecule has 0 saturated carbocycles. The van der Waals surface area contributed by atoms with Crippen molar-refractivity contribution in [2.24, 2.45) is 0 Å². The van der Waals surface area contributed by atoms with Gasteiger partial charge in [-0.05, 0) is 70.6 Å².